The van der Waals surface area contributed by atoms with Crippen LogP contribution in [0.3, 0.4) is 0 Å². The lowest BCUT2D eigenvalue weighted by atomic mass is 9.69. The molecule has 142 valence electrons. The molecule has 27 heavy (non-hydrogen) atoms. The lowest BCUT2D eigenvalue weighted by Crippen LogP contribution is -2.41. The van der Waals surface area contributed by atoms with E-state index in [1.54, 1.807) is 6.07 Å². The summed E-state index contributed by atoms with van der Waals surface area (Å²) in [6.07, 6.45) is 1.01. The van der Waals surface area contributed by atoms with E-state index in [2.05, 4.69) is 5.48 Å². The summed E-state index contributed by atoms with van der Waals surface area (Å²) in [7, 11) is 1.38. The predicted octanol–water partition coefficient (Wildman–Crippen LogP) is 2.18. The SMILES string of the molecule is CONC(=O)C1CC2(O)c3c(O)cc(O)cc3CC2(c2ccc(C)cc2)C1. The van der Waals surface area contributed by atoms with Gasteiger partial charge in [0.15, 0.2) is 0 Å². The summed E-state index contributed by atoms with van der Waals surface area (Å²) in [6, 6.07) is 10.7. The third-order valence-electron chi connectivity index (χ3n) is 6.20. The first-order valence-corrected chi connectivity index (χ1v) is 8.98. The van der Waals surface area contributed by atoms with Crippen LogP contribution in [0.25, 0.3) is 0 Å². The lowest BCUT2D eigenvalue weighted by Gasteiger charge is -2.37. The van der Waals surface area contributed by atoms with E-state index in [1.807, 2.05) is 31.2 Å². The summed E-state index contributed by atoms with van der Waals surface area (Å²) in [4.78, 5) is 17.2. The predicted molar refractivity (Wildman–Crippen MR) is 98.1 cm³/mol. The van der Waals surface area contributed by atoms with Crippen molar-refractivity contribution in [2.24, 2.45) is 5.92 Å². The number of carbonyl (C=O) groups is 1. The van der Waals surface area contributed by atoms with Gasteiger partial charge in [0.25, 0.3) is 0 Å². The minimum atomic E-state index is -1.41. The molecule has 2 aliphatic rings. The fraction of sp³-hybridized carbons (Fsp3) is 0.381. The number of hydrogen-bond acceptors (Lipinski definition) is 5. The van der Waals surface area contributed by atoms with Gasteiger partial charge in [0, 0.05) is 23.0 Å². The molecule has 0 bridgehead atoms. The van der Waals surface area contributed by atoms with Gasteiger partial charge in [-0.1, -0.05) is 29.8 Å². The summed E-state index contributed by atoms with van der Waals surface area (Å²) in [5.74, 6) is -0.930. The van der Waals surface area contributed by atoms with Gasteiger partial charge in [0.1, 0.15) is 17.1 Å². The average Bonchev–Trinajstić information content (AvgIpc) is 3.01. The molecule has 6 nitrogen and oxygen atoms in total. The zero-order chi connectivity index (χ0) is 19.4. The topological polar surface area (TPSA) is 99.0 Å². The number of phenols is 2. The molecule has 2 aromatic carbocycles. The molecule has 1 amide bonds. The summed E-state index contributed by atoms with van der Waals surface area (Å²) in [6.45, 7) is 1.99. The van der Waals surface area contributed by atoms with Gasteiger partial charge in [-0.3, -0.25) is 9.63 Å². The fourth-order valence-corrected chi connectivity index (χ4v) is 5.09. The molecule has 0 spiro atoms. The molecule has 0 aromatic heterocycles. The molecule has 3 unspecified atom stereocenters. The van der Waals surface area contributed by atoms with Gasteiger partial charge < -0.3 is 15.3 Å². The first kappa shape index (κ1) is 17.8. The molecule has 1 saturated carbocycles. The van der Waals surface area contributed by atoms with Crippen molar-refractivity contribution in [3.63, 3.8) is 0 Å². The van der Waals surface area contributed by atoms with Crippen LogP contribution >= 0.6 is 0 Å². The van der Waals surface area contributed by atoms with E-state index in [0.29, 0.717) is 24.0 Å². The molecule has 4 N–H and O–H groups in total. The Balaban J connectivity index is 1.89. The van der Waals surface area contributed by atoms with Crippen molar-refractivity contribution in [1.29, 1.82) is 0 Å². The number of aromatic hydroxyl groups is 2. The van der Waals surface area contributed by atoms with Crippen molar-refractivity contribution >= 4 is 5.91 Å². The van der Waals surface area contributed by atoms with Crippen molar-refractivity contribution in [1.82, 2.24) is 5.48 Å². The van der Waals surface area contributed by atoms with E-state index in [4.69, 9.17) is 4.84 Å². The number of nitrogens with one attached hydrogen (secondary N) is 1. The summed E-state index contributed by atoms with van der Waals surface area (Å²) in [5, 5.41) is 32.3. The number of hydroxylamine groups is 1. The van der Waals surface area contributed by atoms with Crippen LogP contribution in [0.1, 0.15) is 35.1 Å². The number of amides is 1. The number of carbonyl (C=O) groups excluding carboxylic acids is 1. The summed E-state index contributed by atoms with van der Waals surface area (Å²) in [5.41, 5.74) is 3.33. The van der Waals surface area contributed by atoms with Crippen molar-refractivity contribution in [3.8, 4) is 11.5 Å². The Labute approximate surface area is 157 Å². The zero-order valence-corrected chi connectivity index (χ0v) is 15.3. The third-order valence-corrected chi connectivity index (χ3v) is 6.20. The molecule has 2 aromatic rings. The van der Waals surface area contributed by atoms with E-state index in [9.17, 15) is 20.1 Å². The van der Waals surface area contributed by atoms with Crippen LogP contribution in [0, 0.1) is 12.8 Å². The van der Waals surface area contributed by atoms with E-state index >= 15 is 0 Å². The number of fused-ring (bicyclic) bond motifs is 3. The Bertz CT molecular complexity index is 910. The van der Waals surface area contributed by atoms with Crippen LogP contribution in [0.15, 0.2) is 36.4 Å². The fourth-order valence-electron chi connectivity index (χ4n) is 5.09. The molecule has 0 heterocycles. The quantitative estimate of drug-likeness (QED) is 0.622. The van der Waals surface area contributed by atoms with E-state index < -0.39 is 16.9 Å². The smallest absolute Gasteiger partial charge is 0.246 e. The molecule has 0 radical (unpaired) electrons. The van der Waals surface area contributed by atoms with Crippen LogP contribution in [-0.4, -0.2) is 28.3 Å². The Kier molecular flexibility index (Phi) is 3.94. The van der Waals surface area contributed by atoms with Crippen LogP contribution in [0.4, 0.5) is 0 Å². The maximum absolute atomic E-state index is 12.4. The number of rotatable bonds is 3. The minimum Gasteiger partial charge on any atom is -0.508 e. The second kappa shape index (κ2) is 5.97. The van der Waals surface area contributed by atoms with E-state index in [-0.39, 0.29) is 23.8 Å². The molecule has 1 fully saturated rings. The molecule has 4 rings (SSSR count). The number of aliphatic hydroxyl groups is 1. The highest BCUT2D eigenvalue weighted by atomic mass is 16.6. The van der Waals surface area contributed by atoms with Crippen LogP contribution in [0.5, 0.6) is 11.5 Å². The lowest BCUT2D eigenvalue weighted by molar-refractivity contribution is -0.136. The first-order chi connectivity index (χ1) is 12.8. The van der Waals surface area contributed by atoms with E-state index in [0.717, 1.165) is 11.1 Å². The van der Waals surface area contributed by atoms with Crippen molar-refractivity contribution in [2.45, 2.75) is 37.2 Å². The van der Waals surface area contributed by atoms with Crippen LogP contribution in [0.2, 0.25) is 0 Å². The highest BCUT2D eigenvalue weighted by Gasteiger charge is 2.65. The highest BCUT2D eigenvalue weighted by Crippen LogP contribution is 2.64. The van der Waals surface area contributed by atoms with Gasteiger partial charge in [0.05, 0.1) is 7.11 Å². The van der Waals surface area contributed by atoms with Crippen molar-refractivity contribution in [3.05, 3.63) is 58.7 Å². The zero-order valence-electron chi connectivity index (χ0n) is 15.3. The molecule has 0 aliphatic heterocycles. The summed E-state index contributed by atoms with van der Waals surface area (Å²) >= 11 is 0. The summed E-state index contributed by atoms with van der Waals surface area (Å²) < 4.78 is 0. The average molecular weight is 369 g/mol. The Morgan fingerprint density at radius 2 is 1.89 bits per heavy atom. The first-order valence-electron chi connectivity index (χ1n) is 8.98. The number of aryl methyl sites for hydroxylation is 1. The van der Waals surface area contributed by atoms with Crippen molar-refractivity contribution < 1.29 is 25.0 Å². The molecule has 0 saturated heterocycles. The number of benzene rings is 2. The second-order valence-electron chi connectivity index (χ2n) is 7.76. The Hall–Kier alpha value is -2.57. The maximum Gasteiger partial charge on any atom is 0.246 e. The number of hydrogen-bond donors (Lipinski definition) is 4. The standard InChI is InChI=1S/C21H23NO5/c1-12-3-5-15(6-4-12)20-9-13-7-16(23)8-17(24)18(13)21(20,26)11-14(10-20)19(25)22-27-2/h3-8,14,23-24,26H,9-11H2,1-2H3,(H,22,25). The Morgan fingerprint density at radius 3 is 2.56 bits per heavy atom. The normalized spacial score (nSPS) is 28.6. The minimum absolute atomic E-state index is 0.0393. The molecule has 3 atom stereocenters. The number of phenolic OH excluding ortho intramolecular Hbond substituents is 2. The molecule has 2 aliphatic carbocycles. The monoisotopic (exact) mass is 369 g/mol. The van der Waals surface area contributed by atoms with Crippen LogP contribution < -0.4 is 5.48 Å². The van der Waals surface area contributed by atoms with Gasteiger partial charge in [-0.25, -0.2) is 5.48 Å². The van der Waals surface area contributed by atoms with E-state index in [1.165, 1.54) is 13.2 Å². The van der Waals surface area contributed by atoms with Gasteiger partial charge in [-0.05, 0) is 43.4 Å². The molecular formula is C21H23NO5. The molecular weight excluding hydrogens is 346 g/mol. The maximum atomic E-state index is 12.4. The van der Waals surface area contributed by atoms with Gasteiger partial charge in [-0.15, -0.1) is 0 Å². The van der Waals surface area contributed by atoms with Gasteiger partial charge >= 0.3 is 0 Å². The van der Waals surface area contributed by atoms with Gasteiger partial charge in [0.2, 0.25) is 5.91 Å². The van der Waals surface area contributed by atoms with Crippen molar-refractivity contribution in [2.75, 3.05) is 7.11 Å². The molecule has 6 heteroatoms. The van der Waals surface area contributed by atoms with Crippen LogP contribution in [-0.2, 0) is 27.1 Å². The van der Waals surface area contributed by atoms with Gasteiger partial charge in [-0.2, -0.15) is 0 Å². The third kappa shape index (κ3) is 2.44. The Morgan fingerprint density at radius 1 is 1.19 bits per heavy atom. The second-order valence-corrected chi connectivity index (χ2v) is 7.76. The largest absolute Gasteiger partial charge is 0.508 e. The highest BCUT2D eigenvalue weighted by molar-refractivity contribution is 5.79.